The minimum atomic E-state index is -0.193. The maximum absolute atomic E-state index is 8.80. The van der Waals surface area contributed by atoms with Crippen LogP contribution in [-0.2, 0) is 0 Å². The van der Waals surface area contributed by atoms with E-state index in [1.54, 1.807) is 18.1 Å². The molecule has 0 radical (unpaired) electrons. The first kappa shape index (κ1) is 11.5. The molecule has 5 heteroatoms. The Bertz CT molecular complexity index is 300. The van der Waals surface area contributed by atoms with Crippen molar-refractivity contribution in [2.45, 2.75) is 31.0 Å². The number of hydrogen-bond donors (Lipinski definition) is 0. The molecule has 0 N–H and O–H groups in total. The van der Waals surface area contributed by atoms with Gasteiger partial charge in [-0.1, -0.05) is 11.8 Å². The summed E-state index contributed by atoms with van der Waals surface area (Å²) in [5.74, 6) is 1.01. The second-order valence-electron chi connectivity index (χ2n) is 3.65. The Morgan fingerprint density at radius 3 is 3.00 bits per heavy atom. The van der Waals surface area contributed by atoms with Gasteiger partial charge in [-0.05, 0) is 38.2 Å². The van der Waals surface area contributed by atoms with Gasteiger partial charge in [-0.3, -0.25) is 0 Å². The van der Waals surface area contributed by atoms with Crippen molar-refractivity contribution in [1.82, 2.24) is 9.36 Å². The van der Waals surface area contributed by atoms with Crippen molar-refractivity contribution in [3.05, 3.63) is 6.33 Å². The molecule has 76 valence electrons. The van der Waals surface area contributed by atoms with Crippen LogP contribution in [0.2, 0.25) is 0 Å². The molecule has 0 unspecified atom stereocenters. The molecule has 3 nitrogen and oxygen atoms in total. The smallest absolute Gasteiger partial charge is 0.169 e. The molecule has 0 saturated heterocycles. The molecule has 0 fully saturated rings. The molecule has 0 atom stereocenters. The van der Waals surface area contributed by atoms with Gasteiger partial charge in [0.2, 0.25) is 0 Å². The number of aromatic nitrogens is 2. The van der Waals surface area contributed by atoms with Crippen molar-refractivity contribution < 1.29 is 0 Å². The average molecular weight is 227 g/mol. The number of rotatable bonds is 5. The number of hydrogen-bond acceptors (Lipinski definition) is 5. The molecule has 1 aromatic heterocycles. The van der Waals surface area contributed by atoms with Crippen LogP contribution >= 0.6 is 23.3 Å². The Labute approximate surface area is 92.7 Å². The van der Waals surface area contributed by atoms with Crippen molar-refractivity contribution in [3.63, 3.8) is 0 Å². The van der Waals surface area contributed by atoms with E-state index in [1.165, 1.54) is 11.5 Å². The van der Waals surface area contributed by atoms with Crippen LogP contribution < -0.4 is 0 Å². The molecule has 1 rings (SSSR count). The van der Waals surface area contributed by atoms with Crippen LogP contribution in [0, 0.1) is 16.7 Å². The van der Waals surface area contributed by atoms with Crippen molar-refractivity contribution >= 4 is 23.3 Å². The minimum absolute atomic E-state index is 0.193. The van der Waals surface area contributed by atoms with Gasteiger partial charge in [-0.2, -0.15) is 9.64 Å². The van der Waals surface area contributed by atoms with Gasteiger partial charge in [-0.25, -0.2) is 4.98 Å². The molecule has 14 heavy (non-hydrogen) atoms. The van der Waals surface area contributed by atoms with Gasteiger partial charge in [0.05, 0.1) is 11.5 Å². The van der Waals surface area contributed by atoms with Gasteiger partial charge in [0.1, 0.15) is 6.33 Å². The largest absolute Gasteiger partial charge is 0.216 e. The lowest BCUT2D eigenvalue weighted by Gasteiger charge is -2.13. The van der Waals surface area contributed by atoms with E-state index in [0.717, 1.165) is 22.9 Å². The summed E-state index contributed by atoms with van der Waals surface area (Å²) in [6, 6.07) is 2.30. The predicted octanol–water partition coefficient (Wildman–Crippen LogP) is 2.96. The Morgan fingerprint density at radius 2 is 2.43 bits per heavy atom. The highest BCUT2D eigenvalue weighted by molar-refractivity contribution is 8.00. The molecule has 0 aliphatic carbocycles. The fourth-order valence-corrected chi connectivity index (χ4v) is 2.41. The van der Waals surface area contributed by atoms with Gasteiger partial charge in [0.25, 0.3) is 0 Å². The van der Waals surface area contributed by atoms with E-state index in [-0.39, 0.29) is 5.41 Å². The normalized spacial score (nSPS) is 11.2. The van der Waals surface area contributed by atoms with Crippen LogP contribution in [0.3, 0.4) is 0 Å². The van der Waals surface area contributed by atoms with Crippen LogP contribution in [0.25, 0.3) is 0 Å². The predicted molar refractivity (Wildman–Crippen MR) is 59.3 cm³/mol. The Morgan fingerprint density at radius 1 is 1.64 bits per heavy atom. The monoisotopic (exact) mass is 227 g/mol. The number of thioether (sulfide) groups is 1. The summed E-state index contributed by atoms with van der Waals surface area (Å²) < 4.78 is 4.94. The number of nitrogens with zero attached hydrogens (tertiary/aromatic N) is 3. The van der Waals surface area contributed by atoms with Gasteiger partial charge < -0.3 is 0 Å². The van der Waals surface area contributed by atoms with Crippen molar-refractivity contribution in [3.8, 4) is 6.07 Å². The highest BCUT2D eigenvalue weighted by Crippen LogP contribution is 2.25. The second kappa shape index (κ2) is 5.32. The van der Waals surface area contributed by atoms with Crippen molar-refractivity contribution in [1.29, 1.82) is 5.26 Å². The zero-order chi connectivity index (χ0) is 10.4. The van der Waals surface area contributed by atoms with Gasteiger partial charge in [-0.15, -0.1) is 0 Å². The number of nitriles is 1. The SMILES string of the molecule is CC(C)(C#N)CCCSc1ncns1. The Kier molecular flexibility index (Phi) is 4.36. The standard InChI is InChI=1S/C9H13N3S2/c1-9(2,6-10)4-3-5-13-8-11-7-12-14-8/h7H,3-5H2,1-2H3. The first-order valence-corrected chi connectivity index (χ1v) is 6.21. The highest BCUT2D eigenvalue weighted by Gasteiger charge is 2.15. The van der Waals surface area contributed by atoms with Gasteiger partial charge >= 0.3 is 0 Å². The van der Waals surface area contributed by atoms with Crippen LogP contribution in [0.5, 0.6) is 0 Å². The molecule has 0 amide bonds. The van der Waals surface area contributed by atoms with Gasteiger partial charge in [0, 0.05) is 5.75 Å². The van der Waals surface area contributed by atoms with E-state index in [4.69, 9.17) is 5.26 Å². The van der Waals surface area contributed by atoms with E-state index in [9.17, 15) is 0 Å². The lowest BCUT2D eigenvalue weighted by Crippen LogP contribution is -2.07. The maximum Gasteiger partial charge on any atom is 0.169 e. The van der Waals surface area contributed by atoms with E-state index in [2.05, 4.69) is 15.4 Å². The average Bonchev–Trinajstić information content (AvgIpc) is 2.65. The molecule has 0 aromatic carbocycles. The quantitative estimate of drug-likeness (QED) is 0.573. The zero-order valence-corrected chi connectivity index (χ0v) is 9.99. The fraction of sp³-hybridized carbons (Fsp3) is 0.667. The molecular formula is C9H13N3S2. The lowest BCUT2D eigenvalue weighted by molar-refractivity contribution is 0.448. The molecule has 0 saturated carbocycles. The summed E-state index contributed by atoms with van der Waals surface area (Å²) in [5, 5.41) is 8.80. The minimum Gasteiger partial charge on any atom is -0.216 e. The van der Waals surface area contributed by atoms with Crippen LogP contribution in [0.15, 0.2) is 10.7 Å². The van der Waals surface area contributed by atoms with Gasteiger partial charge in [0.15, 0.2) is 4.34 Å². The van der Waals surface area contributed by atoms with E-state index in [0.29, 0.717) is 0 Å². The summed E-state index contributed by atoms with van der Waals surface area (Å²) in [6.45, 7) is 3.95. The summed E-state index contributed by atoms with van der Waals surface area (Å²) >= 11 is 3.14. The molecule has 1 heterocycles. The molecule has 0 aliphatic heterocycles. The third kappa shape index (κ3) is 4.07. The molecular weight excluding hydrogens is 214 g/mol. The van der Waals surface area contributed by atoms with E-state index < -0.39 is 0 Å². The molecule has 0 bridgehead atoms. The summed E-state index contributed by atoms with van der Waals surface area (Å²) in [4.78, 5) is 4.08. The summed E-state index contributed by atoms with van der Waals surface area (Å²) in [6.07, 6.45) is 3.56. The third-order valence-corrected chi connectivity index (χ3v) is 3.70. The van der Waals surface area contributed by atoms with Crippen molar-refractivity contribution in [2.75, 3.05) is 5.75 Å². The highest BCUT2D eigenvalue weighted by atomic mass is 32.2. The first-order chi connectivity index (χ1) is 6.64. The molecule has 0 spiro atoms. The van der Waals surface area contributed by atoms with E-state index in [1.807, 2.05) is 13.8 Å². The lowest BCUT2D eigenvalue weighted by atomic mass is 9.90. The third-order valence-electron chi connectivity index (χ3n) is 1.82. The van der Waals surface area contributed by atoms with Crippen LogP contribution in [-0.4, -0.2) is 15.1 Å². The Hall–Kier alpha value is -0.600. The Balaban J connectivity index is 2.15. The van der Waals surface area contributed by atoms with Crippen LogP contribution in [0.1, 0.15) is 26.7 Å². The molecule has 0 aliphatic rings. The first-order valence-electron chi connectivity index (χ1n) is 4.45. The summed E-state index contributed by atoms with van der Waals surface area (Å²) in [5.41, 5.74) is -0.193. The zero-order valence-electron chi connectivity index (χ0n) is 8.36. The second-order valence-corrected chi connectivity index (χ2v) is 5.78. The maximum atomic E-state index is 8.80. The fourth-order valence-electron chi connectivity index (χ4n) is 0.956. The molecule has 1 aromatic rings. The van der Waals surface area contributed by atoms with Crippen molar-refractivity contribution in [2.24, 2.45) is 5.41 Å². The summed E-state index contributed by atoms with van der Waals surface area (Å²) in [7, 11) is 0. The topological polar surface area (TPSA) is 49.6 Å². The van der Waals surface area contributed by atoms with Crippen LogP contribution in [0.4, 0.5) is 0 Å². The van der Waals surface area contributed by atoms with E-state index >= 15 is 0 Å².